The largest absolute Gasteiger partial charge is 0.326 e. The second-order valence-electron chi connectivity index (χ2n) is 5.36. The molecule has 3 rings (SSSR count). The van der Waals surface area contributed by atoms with Gasteiger partial charge in [-0.2, -0.15) is 5.10 Å². The van der Waals surface area contributed by atoms with Crippen molar-refractivity contribution < 1.29 is 0 Å². The number of aryl methyl sites for hydroxylation is 1. The number of rotatable bonds is 1. The van der Waals surface area contributed by atoms with Gasteiger partial charge in [-0.25, -0.2) is 9.67 Å². The summed E-state index contributed by atoms with van der Waals surface area (Å²) in [5.41, 5.74) is 5.97. The minimum Gasteiger partial charge on any atom is -0.326 e. The number of nitrogens with zero attached hydrogens (tertiary/aromatic N) is 4. The summed E-state index contributed by atoms with van der Waals surface area (Å²) in [4.78, 5) is 7.09. The van der Waals surface area contributed by atoms with E-state index in [1.165, 1.54) is 19.3 Å². The van der Waals surface area contributed by atoms with E-state index in [2.05, 4.69) is 17.0 Å². The molecule has 1 aromatic heterocycles. The Morgan fingerprint density at radius 2 is 2.18 bits per heavy atom. The van der Waals surface area contributed by atoms with Crippen LogP contribution in [0.4, 0.5) is 0 Å². The van der Waals surface area contributed by atoms with Gasteiger partial charge in [0.2, 0.25) is 0 Å². The lowest BCUT2D eigenvalue weighted by Crippen LogP contribution is -2.32. The molecule has 0 amide bonds. The van der Waals surface area contributed by atoms with Crippen molar-refractivity contribution in [2.75, 3.05) is 13.6 Å². The first-order valence-corrected chi connectivity index (χ1v) is 6.63. The number of aromatic nitrogens is 3. The molecule has 1 aromatic rings. The molecule has 0 bridgehead atoms. The molecule has 0 aromatic carbocycles. The molecule has 2 aliphatic rings. The second-order valence-corrected chi connectivity index (χ2v) is 5.36. The Hall–Kier alpha value is -0.940. The van der Waals surface area contributed by atoms with Crippen LogP contribution in [0.1, 0.15) is 43.4 Å². The van der Waals surface area contributed by atoms with Gasteiger partial charge >= 0.3 is 0 Å². The van der Waals surface area contributed by atoms with Gasteiger partial charge in [-0.05, 0) is 32.9 Å². The van der Waals surface area contributed by atoms with Crippen LogP contribution >= 0.6 is 0 Å². The molecule has 17 heavy (non-hydrogen) atoms. The average molecular weight is 235 g/mol. The standard InChI is InChI=1S/C12H21N5/c1-16-7-3-2-4-10(16)12-14-11-6-5-9(13)8-17(11)15-12/h9-10H,2-8,13H2,1H3. The summed E-state index contributed by atoms with van der Waals surface area (Å²) in [7, 11) is 2.18. The van der Waals surface area contributed by atoms with Crippen molar-refractivity contribution in [1.82, 2.24) is 19.7 Å². The normalized spacial score (nSPS) is 30.2. The summed E-state index contributed by atoms with van der Waals surface area (Å²) < 4.78 is 2.02. The van der Waals surface area contributed by atoms with Crippen LogP contribution in [0.5, 0.6) is 0 Å². The molecule has 0 radical (unpaired) electrons. The number of nitrogens with two attached hydrogens (primary N) is 1. The molecule has 1 saturated heterocycles. The summed E-state index contributed by atoms with van der Waals surface area (Å²) in [5.74, 6) is 2.14. The van der Waals surface area contributed by atoms with Gasteiger partial charge in [0, 0.05) is 12.5 Å². The van der Waals surface area contributed by atoms with Crippen LogP contribution in [0.2, 0.25) is 0 Å². The topological polar surface area (TPSA) is 60.0 Å². The van der Waals surface area contributed by atoms with Gasteiger partial charge < -0.3 is 5.73 Å². The molecule has 0 spiro atoms. The van der Waals surface area contributed by atoms with Crippen molar-refractivity contribution in [3.8, 4) is 0 Å². The van der Waals surface area contributed by atoms with Crippen molar-refractivity contribution in [2.24, 2.45) is 5.73 Å². The lowest BCUT2D eigenvalue weighted by molar-refractivity contribution is 0.179. The Morgan fingerprint density at radius 3 is 3.00 bits per heavy atom. The summed E-state index contributed by atoms with van der Waals surface area (Å²) >= 11 is 0. The minimum atomic E-state index is 0.251. The second kappa shape index (κ2) is 4.38. The Morgan fingerprint density at radius 1 is 1.29 bits per heavy atom. The number of fused-ring (bicyclic) bond motifs is 1. The molecule has 94 valence electrons. The maximum Gasteiger partial charge on any atom is 0.168 e. The fraction of sp³-hybridized carbons (Fsp3) is 0.833. The zero-order valence-electron chi connectivity index (χ0n) is 10.5. The van der Waals surface area contributed by atoms with Gasteiger partial charge in [0.25, 0.3) is 0 Å². The molecule has 1 fully saturated rings. The number of hydrogen-bond acceptors (Lipinski definition) is 4. The van der Waals surface area contributed by atoms with Crippen LogP contribution < -0.4 is 5.73 Å². The highest BCUT2D eigenvalue weighted by atomic mass is 15.4. The van der Waals surface area contributed by atoms with E-state index in [1.54, 1.807) is 0 Å². The smallest absolute Gasteiger partial charge is 0.168 e. The van der Waals surface area contributed by atoms with Crippen LogP contribution in [-0.4, -0.2) is 39.3 Å². The predicted octanol–water partition coefficient (Wildman–Crippen LogP) is 0.708. The van der Waals surface area contributed by atoms with E-state index in [1.807, 2.05) is 4.68 Å². The molecule has 5 nitrogen and oxygen atoms in total. The van der Waals surface area contributed by atoms with E-state index in [-0.39, 0.29) is 6.04 Å². The Bertz CT molecular complexity index is 400. The van der Waals surface area contributed by atoms with E-state index >= 15 is 0 Å². The van der Waals surface area contributed by atoms with E-state index in [4.69, 9.17) is 10.7 Å². The Labute approximate surface area is 102 Å². The molecule has 5 heteroatoms. The number of hydrogen-bond donors (Lipinski definition) is 1. The molecule has 0 saturated carbocycles. The summed E-state index contributed by atoms with van der Waals surface area (Å²) in [5, 5.41) is 4.66. The zero-order valence-corrected chi connectivity index (χ0v) is 10.5. The Balaban J connectivity index is 1.84. The van der Waals surface area contributed by atoms with Crippen molar-refractivity contribution in [3.63, 3.8) is 0 Å². The fourth-order valence-electron chi connectivity index (χ4n) is 2.90. The summed E-state index contributed by atoms with van der Waals surface area (Å²) in [6.45, 7) is 1.99. The van der Waals surface area contributed by atoms with Crippen LogP contribution in [0.3, 0.4) is 0 Å². The van der Waals surface area contributed by atoms with Crippen molar-refractivity contribution in [1.29, 1.82) is 0 Å². The third-order valence-electron chi connectivity index (χ3n) is 3.98. The quantitative estimate of drug-likeness (QED) is 0.778. The van der Waals surface area contributed by atoms with E-state index < -0.39 is 0 Å². The first-order chi connectivity index (χ1) is 8.24. The average Bonchev–Trinajstić information content (AvgIpc) is 2.72. The summed E-state index contributed by atoms with van der Waals surface area (Å²) in [6.07, 6.45) is 5.79. The molecule has 2 N–H and O–H groups in total. The van der Waals surface area contributed by atoms with Crippen molar-refractivity contribution >= 4 is 0 Å². The minimum absolute atomic E-state index is 0.251. The first kappa shape index (κ1) is 11.2. The highest BCUT2D eigenvalue weighted by Gasteiger charge is 2.27. The molecule has 2 unspecified atom stereocenters. The molecule has 0 aliphatic carbocycles. The van der Waals surface area contributed by atoms with Crippen LogP contribution in [0.25, 0.3) is 0 Å². The molecule has 2 atom stereocenters. The lowest BCUT2D eigenvalue weighted by atomic mass is 10.0. The van der Waals surface area contributed by atoms with Gasteiger partial charge in [-0.3, -0.25) is 4.90 Å². The van der Waals surface area contributed by atoms with Crippen LogP contribution in [0.15, 0.2) is 0 Å². The summed E-state index contributed by atoms with van der Waals surface area (Å²) in [6, 6.07) is 0.666. The number of piperidine rings is 1. The van der Waals surface area contributed by atoms with Gasteiger partial charge in [0.05, 0.1) is 12.6 Å². The van der Waals surface area contributed by atoms with Gasteiger partial charge in [-0.15, -0.1) is 0 Å². The molecule has 2 aliphatic heterocycles. The third-order valence-corrected chi connectivity index (χ3v) is 3.98. The van der Waals surface area contributed by atoms with Crippen LogP contribution in [0, 0.1) is 0 Å². The monoisotopic (exact) mass is 235 g/mol. The third kappa shape index (κ3) is 2.09. The zero-order chi connectivity index (χ0) is 11.8. The van der Waals surface area contributed by atoms with Gasteiger partial charge in [0.15, 0.2) is 5.82 Å². The Kier molecular flexibility index (Phi) is 2.88. The van der Waals surface area contributed by atoms with Crippen LogP contribution in [-0.2, 0) is 13.0 Å². The first-order valence-electron chi connectivity index (χ1n) is 6.63. The predicted molar refractivity (Wildman–Crippen MR) is 65.5 cm³/mol. The van der Waals surface area contributed by atoms with Gasteiger partial charge in [0.1, 0.15) is 5.82 Å². The maximum absolute atomic E-state index is 5.97. The number of likely N-dealkylation sites (tertiary alicyclic amines) is 1. The molecule has 3 heterocycles. The van der Waals surface area contributed by atoms with Gasteiger partial charge in [-0.1, -0.05) is 6.42 Å². The SMILES string of the molecule is CN1CCCCC1c1nc2n(n1)CC(N)CC2. The molecular formula is C12H21N5. The molecular weight excluding hydrogens is 214 g/mol. The van der Waals surface area contributed by atoms with Crippen molar-refractivity contribution in [3.05, 3.63) is 11.6 Å². The van der Waals surface area contributed by atoms with Crippen molar-refractivity contribution in [2.45, 2.75) is 50.7 Å². The highest BCUT2D eigenvalue weighted by Crippen LogP contribution is 2.28. The fourth-order valence-corrected chi connectivity index (χ4v) is 2.90. The van der Waals surface area contributed by atoms with E-state index in [0.717, 1.165) is 37.6 Å². The van der Waals surface area contributed by atoms with E-state index in [9.17, 15) is 0 Å². The van der Waals surface area contributed by atoms with E-state index in [0.29, 0.717) is 6.04 Å². The lowest BCUT2D eigenvalue weighted by Gasteiger charge is -2.30. The highest BCUT2D eigenvalue weighted by molar-refractivity contribution is 5.03. The maximum atomic E-state index is 5.97.